The first-order valence-electron chi connectivity index (χ1n) is 7.79. The van der Waals surface area contributed by atoms with Crippen molar-refractivity contribution in [3.8, 4) is 0 Å². The van der Waals surface area contributed by atoms with Gasteiger partial charge in [0.15, 0.2) is 0 Å². The Kier molecular flexibility index (Phi) is 6.19. The minimum atomic E-state index is -0.122. The van der Waals surface area contributed by atoms with Crippen LogP contribution in [-0.2, 0) is 6.42 Å². The fraction of sp³-hybridized carbons (Fsp3) is 0.105. The molecule has 6 heteroatoms. The molecule has 0 radical (unpaired) electrons. The first-order valence-corrected chi connectivity index (χ1v) is 9.40. The molecule has 0 aliphatic rings. The summed E-state index contributed by atoms with van der Waals surface area (Å²) >= 11 is 4.90. The van der Waals surface area contributed by atoms with Crippen molar-refractivity contribution in [2.75, 3.05) is 6.54 Å². The van der Waals surface area contributed by atoms with Crippen LogP contribution in [-0.4, -0.2) is 22.4 Å². The summed E-state index contributed by atoms with van der Waals surface area (Å²) in [6, 6.07) is 17.3. The Morgan fingerprint density at radius 3 is 2.56 bits per heavy atom. The van der Waals surface area contributed by atoms with E-state index in [-0.39, 0.29) is 5.91 Å². The van der Waals surface area contributed by atoms with Crippen molar-refractivity contribution >= 4 is 33.6 Å². The second-order valence-electron chi connectivity index (χ2n) is 5.24. The Morgan fingerprint density at radius 2 is 1.80 bits per heavy atom. The standard InChI is InChI=1S/C19H16BrN3OS/c20-14-6-8-16(9-7-14)25-19-17(5-3-12-23-19)18(24)22-13-10-15-4-1-2-11-21-15/h1-9,11-12H,10,13H2,(H,22,24). The van der Waals surface area contributed by atoms with Gasteiger partial charge in [-0.15, -0.1) is 0 Å². The molecule has 2 heterocycles. The zero-order chi connectivity index (χ0) is 17.5. The van der Waals surface area contributed by atoms with Crippen LogP contribution in [0, 0.1) is 0 Å². The van der Waals surface area contributed by atoms with Gasteiger partial charge < -0.3 is 5.32 Å². The van der Waals surface area contributed by atoms with Gasteiger partial charge in [-0.1, -0.05) is 33.8 Å². The molecule has 0 spiro atoms. The maximum Gasteiger partial charge on any atom is 0.254 e. The summed E-state index contributed by atoms with van der Waals surface area (Å²) in [4.78, 5) is 22.2. The predicted octanol–water partition coefficient (Wildman–Crippen LogP) is 4.36. The molecule has 126 valence electrons. The van der Waals surface area contributed by atoms with Crippen molar-refractivity contribution in [2.45, 2.75) is 16.3 Å². The van der Waals surface area contributed by atoms with Crippen LogP contribution in [0.25, 0.3) is 0 Å². The Labute approximate surface area is 159 Å². The molecule has 0 aliphatic heterocycles. The van der Waals surface area contributed by atoms with Crippen molar-refractivity contribution in [3.05, 3.63) is 82.7 Å². The molecular formula is C19H16BrN3OS. The second-order valence-corrected chi connectivity index (χ2v) is 7.22. The first kappa shape index (κ1) is 17.6. The molecule has 0 bridgehead atoms. The zero-order valence-electron chi connectivity index (χ0n) is 13.4. The molecule has 1 amide bonds. The van der Waals surface area contributed by atoms with Crippen molar-refractivity contribution < 1.29 is 4.79 Å². The molecule has 0 saturated carbocycles. The molecule has 1 aromatic carbocycles. The fourth-order valence-corrected chi connectivity index (χ4v) is 3.35. The average Bonchev–Trinajstić information content (AvgIpc) is 2.65. The van der Waals surface area contributed by atoms with Gasteiger partial charge in [0, 0.05) is 40.4 Å². The maximum absolute atomic E-state index is 12.5. The Bertz CT molecular complexity index is 841. The SMILES string of the molecule is O=C(NCCc1ccccn1)c1cccnc1Sc1ccc(Br)cc1. The lowest BCUT2D eigenvalue weighted by Gasteiger charge is -2.09. The highest BCUT2D eigenvalue weighted by atomic mass is 79.9. The monoisotopic (exact) mass is 413 g/mol. The van der Waals surface area contributed by atoms with E-state index in [0.717, 1.165) is 15.1 Å². The number of aromatic nitrogens is 2. The van der Waals surface area contributed by atoms with Crippen LogP contribution in [0.15, 0.2) is 81.4 Å². The number of nitrogens with one attached hydrogen (secondary N) is 1. The number of pyridine rings is 2. The summed E-state index contributed by atoms with van der Waals surface area (Å²) in [6.07, 6.45) is 4.15. The molecule has 3 rings (SSSR count). The number of benzene rings is 1. The van der Waals surface area contributed by atoms with Crippen LogP contribution in [0.4, 0.5) is 0 Å². The lowest BCUT2D eigenvalue weighted by atomic mass is 10.2. The van der Waals surface area contributed by atoms with Gasteiger partial charge in [-0.25, -0.2) is 4.98 Å². The number of carbonyl (C=O) groups excluding carboxylic acids is 1. The van der Waals surface area contributed by atoms with Gasteiger partial charge in [-0.05, 0) is 48.5 Å². The summed E-state index contributed by atoms with van der Waals surface area (Å²) in [5.41, 5.74) is 1.54. The Hall–Kier alpha value is -2.18. The number of hydrogen-bond donors (Lipinski definition) is 1. The summed E-state index contributed by atoms with van der Waals surface area (Å²) in [5, 5.41) is 3.64. The van der Waals surface area contributed by atoms with Crippen LogP contribution in [0.1, 0.15) is 16.1 Å². The molecule has 3 aromatic rings. The van der Waals surface area contributed by atoms with Gasteiger partial charge in [0.05, 0.1) is 5.56 Å². The highest BCUT2D eigenvalue weighted by Gasteiger charge is 2.13. The largest absolute Gasteiger partial charge is 0.352 e. The first-order chi connectivity index (χ1) is 12.2. The molecule has 0 unspecified atom stereocenters. The third-order valence-electron chi connectivity index (χ3n) is 3.44. The third-order valence-corrected chi connectivity index (χ3v) is 4.99. The molecule has 1 N–H and O–H groups in total. The molecular weight excluding hydrogens is 398 g/mol. The topological polar surface area (TPSA) is 54.9 Å². The van der Waals surface area contributed by atoms with E-state index in [1.54, 1.807) is 24.5 Å². The number of amides is 1. The van der Waals surface area contributed by atoms with Gasteiger partial charge >= 0.3 is 0 Å². The van der Waals surface area contributed by atoms with Crippen LogP contribution >= 0.6 is 27.7 Å². The van der Waals surface area contributed by atoms with E-state index in [1.807, 2.05) is 42.5 Å². The van der Waals surface area contributed by atoms with E-state index in [2.05, 4.69) is 31.2 Å². The molecule has 0 saturated heterocycles. The number of rotatable bonds is 6. The number of hydrogen-bond acceptors (Lipinski definition) is 4. The number of halogens is 1. The number of nitrogens with zero attached hydrogens (tertiary/aromatic N) is 2. The van der Waals surface area contributed by atoms with Gasteiger partial charge in [0.25, 0.3) is 5.91 Å². The van der Waals surface area contributed by atoms with Crippen molar-refractivity contribution in [1.82, 2.24) is 15.3 Å². The van der Waals surface area contributed by atoms with Gasteiger partial charge in [0.2, 0.25) is 0 Å². The molecule has 0 atom stereocenters. The van der Waals surface area contributed by atoms with Crippen LogP contribution < -0.4 is 5.32 Å². The minimum Gasteiger partial charge on any atom is -0.352 e. The predicted molar refractivity (Wildman–Crippen MR) is 103 cm³/mol. The quantitative estimate of drug-likeness (QED) is 0.651. The zero-order valence-corrected chi connectivity index (χ0v) is 15.8. The van der Waals surface area contributed by atoms with E-state index in [4.69, 9.17) is 0 Å². The third kappa shape index (κ3) is 5.14. The molecule has 0 aliphatic carbocycles. The van der Waals surface area contributed by atoms with Crippen molar-refractivity contribution in [1.29, 1.82) is 0 Å². The highest BCUT2D eigenvalue weighted by Crippen LogP contribution is 2.29. The van der Waals surface area contributed by atoms with Crippen LogP contribution in [0.3, 0.4) is 0 Å². The van der Waals surface area contributed by atoms with Crippen LogP contribution in [0.5, 0.6) is 0 Å². The summed E-state index contributed by atoms with van der Waals surface area (Å²) in [7, 11) is 0. The summed E-state index contributed by atoms with van der Waals surface area (Å²) in [5.74, 6) is -0.122. The maximum atomic E-state index is 12.5. The van der Waals surface area contributed by atoms with E-state index < -0.39 is 0 Å². The summed E-state index contributed by atoms with van der Waals surface area (Å²) < 4.78 is 1.02. The van der Waals surface area contributed by atoms with Gasteiger partial charge in [-0.2, -0.15) is 0 Å². The van der Waals surface area contributed by atoms with Crippen molar-refractivity contribution in [3.63, 3.8) is 0 Å². The van der Waals surface area contributed by atoms with E-state index in [1.165, 1.54) is 11.8 Å². The van der Waals surface area contributed by atoms with Gasteiger partial charge in [-0.3, -0.25) is 9.78 Å². The lowest BCUT2D eigenvalue weighted by molar-refractivity contribution is 0.0950. The minimum absolute atomic E-state index is 0.122. The summed E-state index contributed by atoms with van der Waals surface area (Å²) in [6.45, 7) is 0.535. The number of carbonyl (C=O) groups is 1. The smallest absolute Gasteiger partial charge is 0.254 e. The second kappa shape index (κ2) is 8.78. The highest BCUT2D eigenvalue weighted by molar-refractivity contribution is 9.10. The molecule has 0 fully saturated rings. The Morgan fingerprint density at radius 1 is 1.00 bits per heavy atom. The normalized spacial score (nSPS) is 10.4. The molecule has 2 aromatic heterocycles. The Balaban J connectivity index is 1.65. The van der Waals surface area contributed by atoms with Crippen LogP contribution in [0.2, 0.25) is 0 Å². The van der Waals surface area contributed by atoms with Crippen molar-refractivity contribution in [2.24, 2.45) is 0 Å². The van der Waals surface area contributed by atoms with E-state index >= 15 is 0 Å². The van der Waals surface area contributed by atoms with E-state index in [0.29, 0.717) is 23.6 Å². The fourth-order valence-electron chi connectivity index (χ4n) is 2.20. The lowest BCUT2D eigenvalue weighted by Crippen LogP contribution is -2.26. The average molecular weight is 414 g/mol. The molecule has 4 nitrogen and oxygen atoms in total. The van der Waals surface area contributed by atoms with E-state index in [9.17, 15) is 4.79 Å². The molecule has 25 heavy (non-hydrogen) atoms. The van der Waals surface area contributed by atoms with Gasteiger partial charge in [0.1, 0.15) is 5.03 Å².